The van der Waals surface area contributed by atoms with Crippen molar-refractivity contribution in [3.8, 4) is 11.5 Å². The molecule has 0 saturated heterocycles. The number of carbonyl (C=O) groups is 1. The number of hydrogen-bond donors (Lipinski definition) is 1. The van der Waals surface area contributed by atoms with Gasteiger partial charge in [-0.25, -0.2) is 13.8 Å². The number of rotatable bonds is 8. The summed E-state index contributed by atoms with van der Waals surface area (Å²) in [5.74, 6) is -7.82. The summed E-state index contributed by atoms with van der Waals surface area (Å²) in [6, 6.07) is 15.2. The average Bonchev–Trinajstić information content (AvgIpc) is 3.69. The Morgan fingerprint density at radius 3 is 2.45 bits per heavy atom. The topological polar surface area (TPSA) is 81.9 Å². The number of amides is 1. The van der Waals surface area contributed by atoms with Crippen molar-refractivity contribution in [3.05, 3.63) is 142 Å². The third kappa shape index (κ3) is 6.11. The maximum atomic E-state index is 14.2. The Balaban J connectivity index is 1.38. The summed E-state index contributed by atoms with van der Waals surface area (Å²) in [5, 5.41) is 4.84. The monoisotopic (exact) mass is 679 g/mol. The third-order valence-electron chi connectivity index (χ3n) is 7.52. The van der Waals surface area contributed by atoms with Gasteiger partial charge in [0, 0.05) is 22.2 Å². The number of allylic oxidation sites excluding steroid dienone is 1. The van der Waals surface area contributed by atoms with Gasteiger partial charge in [-0.15, -0.1) is 11.3 Å². The Bertz CT molecular complexity index is 2220. The first kappa shape index (κ1) is 32.0. The van der Waals surface area contributed by atoms with E-state index in [-0.39, 0.29) is 23.3 Å². The zero-order valence-electron chi connectivity index (χ0n) is 25.1. The van der Waals surface area contributed by atoms with Gasteiger partial charge in [-0.2, -0.15) is 8.78 Å². The maximum Gasteiger partial charge on any atom is 0.271 e. The van der Waals surface area contributed by atoms with Crippen molar-refractivity contribution in [3.63, 3.8) is 0 Å². The highest BCUT2D eigenvalue weighted by molar-refractivity contribution is 7.10. The van der Waals surface area contributed by atoms with Gasteiger partial charge in [-0.05, 0) is 60.7 Å². The molecule has 0 bridgehead atoms. The lowest BCUT2D eigenvalue weighted by molar-refractivity contribution is -0.113. The van der Waals surface area contributed by atoms with Gasteiger partial charge in [0.25, 0.3) is 11.5 Å². The van der Waals surface area contributed by atoms with E-state index in [0.717, 1.165) is 21.8 Å². The molecule has 0 radical (unpaired) electrons. The number of thiophene rings is 1. The lowest BCUT2D eigenvalue weighted by Gasteiger charge is -2.24. The predicted octanol–water partition coefficient (Wildman–Crippen LogP) is 6.39. The van der Waals surface area contributed by atoms with Crippen LogP contribution in [0.1, 0.15) is 34.5 Å². The highest BCUT2D eigenvalue weighted by Gasteiger charge is 2.33. The summed E-state index contributed by atoms with van der Waals surface area (Å²) in [6.45, 7) is 3.12. The Kier molecular flexibility index (Phi) is 8.84. The van der Waals surface area contributed by atoms with Crippen LogP contribution >= 0.6 is 22.7 Å². The van der Waals surface area contributed by atoms with Crippen LogP contribution in [0.3, 0.4) is 0 Å². The van der Waals surface area contributed by atoms with Crippen LogP contribution in [0.2, 0.25) is 0 Å². The molecule has 0 aliphatic carbocycles. The minimum Gasteiger partial charge on any atom is -0.496 e. The van der Waals surface area contributed by atoms with E-state index in [1.807, 2.05) is 42.6 Å². The number of benzene rings is 3. The molecule has 47 heavy (non-hydrogen) atoms. The number of para-hydroxylation sites is 1. The number of anilines is 1. The van der Waals surface area contributed by atoms with Crippen molar-refractivity contribution >= 4 is 40.3 Å². The zero-order valence-corrected chi connectivity index (χ0v) is 26.7. The number of fused-ring (bicyclic) bond motifs is 1. The number of thiazole rings is 1. The standard InChI is InChI=1S/C34H25F4N3O4S2/c1-17-7-4-5-8-23(17)40-32(42)27-18(2)39-34-41(30(27)25-9-6-12-46-25)33(43)26(47-34)14-19-10-11-24(44-3)20(13-19)16-45-31-28(37)21(35)15-22(36)29(31)38/h4-15,30H,16H2,1-3H3,(H,40,42)/b26-14+/t30-/m0/s1. The molecule has 0 fully saturated rings. The zero-order chi connectivity index (χ0) is 33.4. The Morgan fingerprint density at radius 1 is 1.02 bits per heavy atom. The average molecular weight is 680 g/mol. The first-order valence-corrected chi connectivity index (χ1v) is 15.8. The summed E-state index contributed by atoms with van der Waals surface area (Å²) in [7, 11) is 1.37. The van der Waals surface area contributed by atoms with Crippen LogP contribution in [0.5, 0.6) is 11.5 Å². The number of carbonyl (C=O) groups excluding carboxylic acids is 1. The number of nitrogens with zero attached hydrogens (tertiary/aromatic N) is 2. The molecule has 13 heteroatoms. The molecule has 7 nitrogen and oxygen atoms in total. The van der Waals surface area contributed by atoms with Crippen LogP contribution in [-0.4, -0.2) is 17.6 Å². The van der Waals surface area contributed by atoms with Crippen molar-refractivity contribution in [2.45, 2.75) is 26.5 Å². The highest BCUT2D eigenvalue weighted by atomic mass is 32.1. The molecule has 6 rings (SSSR count). The van der Waals surface area contributed by atoms with Crippen LogP contribution in [0, 0.1) is 30.2 Å². The SMILES string of the molecule is COc1ccc(/C=c2/sc3n(c2=O)[C@@H](c2cccs2)C(C(=O)Nc2ccccc2C)=C(C)N=3)cc1COc1c(F)c(F)cc(F)c1F. The second-order valence-corrected chi connectivity index (χ2v) is 12.5. The van der Waals surface area contributed by atoms with E-state index in [1.165, 1.54) is 23.0 Å². The number of nitrogens with one attached hydrogen (secondary N) is 1. The molecular weight excluding hydrogens is 655 g/mol. The fraction of sp³-hybridized carbons (Fsp3) is 0.147. The molecule has 1 N–H and O–H groups in total. The number of methoxy groups -OCH3 is 1. The summed E-state index contributed by atoms with van der Waals surface area (Å²) >= 11 is 2.55. The molecule has 0 unspecified atom stereocenters. The quantitative estimate of drug-likeness (QED) is 0.152. The van der Waals surface area contributed by atoms with Crippen LogP contribution < -0.4 is 29.7 Å². The van der Waals surface area contributed by atoms with Crippen molar-refractivity contribution in [2.24, 2.45) is 4.99 Å². The van der Waals surface area contributed by atoms with Crippen LogP contribution in [0.4, 0.5) is 23.2 Å². The second kappa shape index (κ2) is 13.0. The molecular formula is C34H25F4N3O4S2. The first-order chi connectivity index (χ1) is 22.6. The minimum absolute atomic E-state index is 0.0960. The lowest BCUT2D eigenvalue weighted by Crippen LogP contribution is -2.40. The molecule has 5 aromatic rings. The molecule has 2 aromatic heterocycles. The number of hydrogen-bond acceptors (Lipinski definition) is 7. The third-order valence-corrected chi connectivity index (χ3v) is 9.43. The lowest BCUT2D eigenvalue weighted by atomic mass is 10.0. The molecule has 3 heterocycles. The van der Waals surface area contributed by atoms with Gasteiger partial charge in [-0.3, -0.25) is 14.2 Å². The predicted molar refractivity (Wildman–Crippen MR) is 171 cm³/mol. The van der Waals surface area contributed by atoms with Gasteiger partial charge in [0.05, 0.1) is 22.9 Å². The summed E-state index contributed by atoms with van der Waals surface area (Å²) < 4.78 is 68.1. The van der Waals surface area contributed by atoms with E-state index in [9.17, 15) is 27.2 Å². The molecule has 1 amide bonds. The second-order valence-electron chi connectivity index (χ2n) is 10.5. The van der Waals surface area contributed by atoms with Crippen LogP contribution in [0.15, 0.2) is 87.1 Å². The van der Waals surface area contributed by atoms with E-state index in [2.05, 4.69) is 10.3 Å². The van der Waals surface area contributed by atoms with Crippen LogP contribution in [-0.2, 0) is 11.4 Å². The van der Waals surface area contributed by atoms with Gasteiger partial charge in [0.1, 0.15) is 18.4 Å². The van der Waals surface area contributed by atoms with Crippen molar-refractivity contribution in [2.75, 3.05) is 12.4 Å². The van der Waals surface area contributed by atoms with E-state index in [1.54, 1.807) is 37.3 Å². The van der Waals surface area contributed by atoms with Gasteiger partial charge >= 0.3 is 0 Å². The fourth-order valence-corrected chi connectivity index (χ4v) is 7.08. The van der Waals surface area contributed by atoms with Gasteiger partial charge in [0.2, 0.25) is 11.6 Å². The summed E-state index contributed by atoms with van der Waals surface area (Å²) in [4.78, 5) is 33.6. The smallest absolute Gasteiger partial charge is 0.271 e. The number of aromatic nitrogens is 1. The molecule has 0 spiro atoms. The summed E-state index contributed by atoms with van der Waals surface area (Å²) in [5.41, 5.74) is 2.75. The van der Waals surface area contributed by atoms with Gasteiger partial charge in [0.15, 0.2) is 22.2 Å². The van der Waals surface area contributed by atoms with E-state index in [4.69, 9.17) is 9.47 Å². The molecule has 3 aromatic carbocycles. The molecule has 0 saturated carbocycles. The minimum atomic E-state index is -1.66. The first-order valence-electron chi connectivity index (χ1n) is 14.1. The Labute approximate surface area is 273 Å². The molecule has 1 aliphatic heterocycles. The number of ether oxygens (including phenoxy) is 2. The maximum absolute atomic E-state index is 14.2. The van der Waals surface area contributed by atoms with Crippen molar-refractivity contribution < 1.29 is 31.8 Å². The van der Waals surface area contributed by atoms with Gasteiger partial charge < -0.3 is 14.8 Å². The largest absolute Gasteiger partial charge is 0.496 e. The van der Waals surface area contributed by atoms with Crippen molar-refractivity contribution in [1.82, 2.24) is 4.57 Å². The molecule has 1 aliphatic rings. The van der Waals surface area contributed by atoms with Crippen LogP contribution in [0.25, 0.3) is 6.08 Å². The fourth-order valence-electron chi connectivity index (χ4n) is 5.21. The highest BCUT2D eigenvalue weighted by Crippen LogP contribution is 2.34. The molecule has 1 atom stereocenters. The van der Waals surface area contributed by atoms with E-state index < -0.39 is 41.7 Å². The summed E-state index contributed by atoms with van der Waals surface area (Å²) in [6.07, 6.45) is 1.60. The normalized spacial score (nSPS) is 14.5. The van der Waals surface area contributed by atoms with Crippen molar-refractivity contribution in [1.29, 1.82) is 0 Å². The number of halogens is 4. The molecule has 240 valence electrons. The Hall–Kier alpha value is -5.01. The van der Waals surface area contributed by atoms with Gasteiger partial charge in [-0.1, -0.05) is 41.7 Å². The van der Waals surface area contributed by atoms with E-state index >= 15 is 0 Å². The van der Waals surface area contributed by atoms with E-state index in [0.29, 0.717) is 37.4 Å². The number of aryl methyl sites for hydroxylation is 1. The Morgan fingerprint density at radius 2 is 1.77 bits per heavy atom.